The van der Waals surface area contributed by atoms with Gasteiger partial charge in [0.1, 0.15) is 0 Å². The van der Waals surface area contributed by atoms with Crippen LogP contribution >= 0.6 is 0 Å². The van der Waals surface area contributed by atoms with Gasteiger partial charge in [0.25, 0.3) is 0 Å². The molecular formula is C12H27N3. The molecule has 1 atom stereocenters. The third-order valence-electron chi connectivity index (χ3n) is 2.98. The zero-order chi connectivity index (χ0) is 11.5. The second-order valence-corrected chi connectivity index (χ2v) is 5.91. The van der Waals surface area contributed by atoms with Gasteiger partial charge in [0.2, 0.25) is 0 Å². The third-order valence-corrected chi connectivity index (χ3v) is 2.98. The van der Waals surface area contributed by atoms with Gasteiger partial charge in [0.15, 0.2) is 0 Å². The van der Waals surface area contributed by atoms with Crippen molar-refractivity contribution in [3.63, 3.8) is 0 Å². The lowest BCUT2D eigenvalue weighted by Crippen LogP contribution is -2.47. The zero-order valence-electron chi connectivity index (χ0n) is 11.0. The van der Waals surface area contributed by atoms with Crippen LogP contribution in [0, 0.1) is 5.92 Å². The second-order valence-electron chi connectivity index (χ2n) is 5.91. The maximum absolute atomic E-state index is 3.63. The minimum Gasteiger partial charge on any atom is -0.310 e. The second kappa shape index (κ2) is 5.28. The minimum absolute atomic E-state index is 0.261. The summed E-state index contributed by atoms with van der Waals surface area (Å²) in [4.78, 5) is 4.85. The molecule has 90 valence electrons. The van der Waals surface area contributed by atoms with E-state index in [0.29, 0.717) is 0 Å². The lowest BCUT2D eigenvalue weighted by molar-refractivity contribution is 0.201. The van der Waals surface area contributed by atoms with Gasteiger partial charge < -0.3 is 10.2 Å². The van der Waals surface area contributed by atoms with Crippen molar-refractivity contribution in [3.05, 3.63) is 0 Å². The minimum atomic E-state index is 0.261. The molecule has 0 aliphatic carbocycles. The molecule has 1 heterocycles. The topological polar surface area (TPSA) is 18.5 Å². The molecule has 0 saturated carbocycles. The molecule has 3 heteroatoms. The molecule has 1 N–H and O–H groups in total. The van der Waals surface area contributed by atoms with Crippen molar-refractivity contribution < 1.29 is 0 Å². The number of nitrogens with one attached hydrogen (secondary N) is 1. The highest BCUT2D eigenvalue weighted by Gasteiger charge is 2.26. The Morgan fingerprint density at radius 2 is 2.07 bits per heavy atom. The van der Waals surface area contributed by atoms with Gasteiger partial charge in [-0.3, -0.25) is 4.90 Å². The molecule has 0 amide bonds. The fourth-order valence-corrected chi connectivity index (χ4v) is 2.15. The Morgan fingerprint density at radius 3 is 2.67 bits per heavy atom. The van der Waals surface area contributed by atoms with Crippen LogP contribution in [-0.4, -0.2) is 62.2 Å². The molecule has 1 saturated heterocycles. The number of hydrogen-bond donors (Lipinski definition) is 1. The molecule has 1 aliphatic heterocycles. The Morgan fingerprint density at radius 1 is 1.40 bits per heavy atom. The number of hydrogen-bond acceptors (Lipinski definition) is 3. The molecule has 1 fully saturated rings. The molecule has 1 rings (SSSR count). The predicted octanol–water partition coefficient (Wildman–Crippen LogP) is 0.868. The number of rotatable bonds is 3. The third kappa shape index (κ3) is 4.96. The molecule has 0 spiro atoms. The SMILES string of the molecule is CC1CNC(C)(C)CN(CCN(C)C)C1. The highest BCUT2D eigenvalue weighted by atomic mass is 15.2. The van der Waals surface area contributed by atoms with Crippen molar-refractivity contribution in [1.82, 2.24) is 15.1 Å². The maximum atomic E-state index is 3.63. The van der Waals surface area contributed by atoms with Crippen molar-refractivity contribution in [3.8, 4) is 0 Å². The van der Waals surface area contributed by atoms with E-state index in [4.69, 9.17) is 0 Å². The first-order valence-electron chi connectivity index (χ1n) is 6.01. The van der Waals surface area contributed by atoms with E-state index in [-0.39, 0.29) is 5.54 Å². The molecule has 1 aliphatic rings. The number of likely N-dealkylation sites (N-methyl/N-ethyl adjacent to an activating group) is 1. The van der Waals surface area contributed by atoms with Crippen LogP contribution in [0.2, 0.25) is 0 Å². The highest BCUT2D eigenvalue weighted by Crippen LogP contribution is 2.13. The summed E-state index contributed by atoms with van der Waals surface area (Å²) in [5, 5.41) is 3.63. The van der Waals surface area contributed by atoms with Crippen LogP contribution in [0.5, 0.6) is 0 Å². The van der Waals surface area contributed by atoms with Crippen LogP contribution in [0.3, 0.4) is 0 Å². The average molecular weight is 213 g/mol. The molecule has 1 unspecified atom stereocenters. The van der Waals surface area contributed by atoms with E-state index < -0.39 is 0 Å². The Hall–Kier alpha value is -0.120. The summed E-state index contributed by atoms with van der Waals surface area (Å²) in [6, 6.07) is 0. The van der Waals surface area contributed by atoms with Crippen molar-refractivity contribution in [2.75, 3.05) is 46.8 Å². The van der Waals surface area contributed by atoms with E-state index >= 15 is 0 Å². The van der Waals surface area contributed by atoms with Crippen LogP contribution in [0.15, 0.2) is 0 Å². The monoisotopic (exact) mass is 213 g/mol. The highest BCUT2D eigenvalue weighted by molar-refractivity contribution is 4.86. The van der Waals surface area contributed by atoms with E-state index in [1.165, 1.54) is 13.1 Å². The van der Waals surface area contributed by atoms with E-state index in [1.54, 1.807) is 0 Å². The molecular weight excluding hydrogens is 186 g/mol. The molecule has 0 aromatic rings. The summed E-state index contributed by atoms with van der Waals surface area (Å²) in [5.41, 5.74) is 0.261. The Labute approximate surface area is 94.8 Å². The van der Waals surface area contributed by atoms with Crippen LogP contribution in [0.4, 0.5) is 0 Å². The van der Waals surface area contributed by atoms with Gasteiger partial charge in [0, 0.05) is 31.7 Å². The largest absolute Gasteiger partial charge is 0.310 e. The van der Waals surface area contributed by atoms with E-state index in [1.807, 2.05) is 0 Å². The van der Waals surface area contributed by atoms with E-state index in [9.17, 15) is 0 Å². The van der Waals surface area contributed by atoms with Crippen LogP contribution in [-0.2, 0) is 0 Å². The fourth-order valence-electron chi connectivity index (χ4n) is 2.15. The van der Waals surface area contributed by atoms with Crippen molar-refractivity contribution in [2.24, 2.45) is 5.92 Å². The van der Waals surface area contributed by atoms with Crippen LogP contribution < -0.4 is 5.32 Å². The molecule has 0 aromatic carbocycles. The smallest absolute Gasteiger partial charge is 0.0252 e. The first-order valence-corrected chi connectivity index (χ1v) is 6.01. The zero-order valence-corrected chi connectivity index (χ0v) is 11.0. The molecule has 3 nitrogen and oxygen atoms in total. The quantitative estimate of drug-likeness (QED) is 0.750. The summed E-state index contributed by atoms with van der Waals surface area (Å²) in [7, 11) is 4.29. The Kier molecular flexibility index (Phi) is 4.56. The molecule has 15 heavy (non-hydrogen) atoms. The maximum Gasteiger partial charge on any atom is 0.0252 e. The summed E-state index contributed by atoms with van der Waals surface area (Å²) < 4.78 is 0. The molecule has 0 aromatic heterocycles. The van der Waals surface area contributed by atoms with Gasteiger partial charge in [-0.2, -0.15) is 0 Å². The van der Waals surface area contributed by atoms with Crippen molar-refractivity contribution in [2.45, 2.75) is 26.3 Å². The van der Waals surface area contributed by atoms with Gasteiger partial charge in [-0.25, -0.2) is 0 Å². The van der Waals surface area contributed by atoms with Gasteiger partial charge in [-0.1, -0.05) is 6.92 Å². The summed E-state index contributed by atoms with van der Waals surface area (Å²) in [5.74, 6) is 0.758. The van der Waals surface area contributed by atoms with Gasteiger partial charge >= 0.3 is 0 Å². The number of nitrogens with zero attached hydrogens (tertiary/aromatic N) is 2. The first-order chi connectivity index (χ1) is 6.89. The summed E-state index contributed by atoms with van der Waals surface area (Å²) in [6.45, 7) is 12.8. The lowest BCUT2D eigenvalue weighted by atomic mass is 10.1. The Balaban J connectivity index is 2.46. The normalized spacial score (nSPS) is 28.0. The van der Waals surface area contributed by atoms with Crippen molar-refractivity contribution in [1.29, 1.82) is 0 Å². The summed E-state index contributed by atoms with van der Waals surface area (Å²) in [6.07, 6.45) is 0. The molecule has 0 bridgehead atoms. The van der Waals surface area contributed by atoms with E-state index in [2.05, 4.69) is 50.0 Å². The average Bonchev–Trinajstić information content (AvgIpc) is 2.22. The van der Waals surface area contributed by atoms with Gasteiger partial charge in [-0.15, -0.1) is 0 Å². The Bertz CT molecular complexity index is 189. The van der Waals surface area contributed by atoms with E-state index in [0.717, 1.165) is 25.6 Å². The lowest BCUT2D eigenvalue weighted by Gasteiger charge is -2.30. The van der Waals surface area contributed by atoms with Crippen LogP contribution in [0.25, 0.3) is 0 Å². The summed E-state index contributed by atoms with van der Waals surface area (Å²) >= 11 is 0. The van der Waals surface area contributed by atoms with Gasteiger partial charge in [-0.05, 0) is 40.4 Å². The standard InChI is InChI=1S/C12H27N3/c1-11-8-13-12(2,3)10-15(9-11)7-6-14(4)5/h11,13H,6-10H2,1-5H3. The van der Waals surface area contributed by atoms with Gasteiger partial charge in [0.05, 0.1) is 0 Å². The van der Waals surface area contributed by atoms with Crippen LogP contribution in [0.1, 0.15) is 20.8 Å². The first kappa shape index (κ1) is 12.9. The fraction of sp³-hybridized carbons (Fsp3) is 1.00. The predicted molar refractivity (Wildman–Crippen MR) is 66.2 cm³/mol. The van der Waals surface area contributed by atoms with Crippen molar-refractivity contribution >= 4 is 0 Å². The molecule has 0 radical (unpaired) electrons.